The van der Waals surface area contributed by atoms with Crippen molar-refractivity contribution in [1.29, 1.82) is 0 Å². The second kappa shape index (κ2) is 5.00. The topological polar surface area (TPSA) is 72.5 Å². The maximum absolute atomic E-state index is 11.0. The van der Waals surface area contributed by atoms with Gasteiger partial charge in [0.05, 0.1) is 18.6 Å². The summed E-state index contributed by atoms with van der Waals surface area (Å²) in [4.78, 5) is 11.0. The number of carbonyl (C=O) groups is 1. The van der Waals surface area contributed by atoms with Crippen LogP contribution in [0.3, 0.4) is 0 Å². The predicted octanol–water partition coefficient (Wildman–Crippen LogP) is 1.61. The lowest BCUT2D eigenvalue weighted by Crippen LogP contribution is -2.16. The number of ether oxygens (including phenoxy) is 1. The highest BCUT2D eigenvalue weighted by atomic mass is 35.5. The summed E-state index contributed by atoms with van der Waals surface area (Å²) in [6, 6.07) is 4.21. The first-order valence-corrected chi connectivity index (χ1v) is 4.73. The van der Waals surface area contributed by atoms with Gasteiger partial charge in [0.25, 0.3) is 0 Å². The van der Waals surface area contributed by atoms with Crippen LogP contribution in [0.5, 0.6) is 5.75 Å². The SMILES string of the molecule is COC(=O)C[C@H](N)c1cccc(Cl)c1O. The predicted molar refractivity (Wildman–Crippen MR) is 56.7 cm³/mol. The number of phenolic OH excluding ortho intramolecular Hbond substituents is 1. The van der Waals surface area contributed by atoms with E-state index in [-0.39, 0.29) is 17.2 Å². The van der Waals surface area contributed by atoms with Gasteiger partial charge in [0.1, 0.15) is 5.75 Å². The van der Waals surface area contributed by atoms with Crippen molar-refractivity contribution in [2.75, 3.05) is 7.11 Å². The van der Waals surface area contributed by atoms with Crippen molar-refractivity contribution in [2.45, 2.75) is 12.5 Å². The number of rotatable bonds is 3. The third kappa shape index (κ3) is 2.84. The van der Waals surface area contributed by atoms with E-state index in [1.54, 1.807) is 18.2 Å². The molecule has 0 aliphatic rings. The van der Waals surface area contributed by atoms with Gasteiger partial charge in [0.15, 0.2) is 0 Å². The highest BCUT2D eigenvalue weighted by Gasteiger charge is 2.16. The number of aromatic hydroxyl groups is 1. The van der Waals surface area contributed by atoms with Gasteiger partial charge in [-0.3, -0.25) is 4.79 Å². The lowest BCUT2D eigenvalue weighted by molar-refractivity contribution is -0.141. The zero-order valence-corrected chi connectivity index (χ0v) is 8.99. The van der Waals surface area contributed by atoms with E-state index >= 15 is 0 Å². The Hall–Kier alpha value is -1.26. The Labute approximate surface area is 92.6 Å². The quantitative estimate of drug-likeness (QED) is 0.773. The minimum Gasteiger partial charge on any atom is -0.506 e. The molecular weight excluding hydrogens is 218 g/mol. The fourth-order valence-electron chi connectivity index (χ4n) is 1.20. The normalized spacial score (nSPS) is 12.2. The van der Waals surface area contributed by atoms with Crippen LogP contribution < -0.4 is 5.73 Å². The van der Waals surface area contributed by atoms with Crippen LogP contribution in [0.2, 0.25) is 5.02 Å². The molecule has 82 valence electrons. The molecule has 0 saturated carbocycles. The average molecular weight is 230 g/mol. The zero-order valence-electron chi connectivity index (χ0n) is 8.24. The van der Waals surface area contributed by atoms with E-state index in [0.717, 1.165) is 0 Å². The Morgan fingerprint density at radius 3 is 2.93 bits per heavy atom. The third-order valence-electron chi connectivity index (χ3n) is 2.03. The number of halogens is 1. The summed E-state index contributed by atoms with van der Waals surface area (Å²) in [7, 11) is 1.28. The molecule has 0 amide bonds. The van der Waals surface area contributed by atoms with Crippen molar-refractivity contribution in [3.8, 4) is 5.75 Å². The van der Waals surface area contributed by atoms with Crippen LogP contribution in [0.25, 0.3) is 0 Å². The third-order valence-corrected chi connectivity index (χ3v) is 2.34. The maximum Gasteiger partial charge on any atom is 0.307 e. The average Bonchev–Trinajstić information content (AvgIpc) is 2.21. The van der Waals surface area contributed by atoms with E-state index in [1.165, 1.54) is 7.11 Å². The maximum atomic E-state index is 11.0. The molecule has 1 atom stereocenters. The molecule has 0 heterocycles. The van der Waals surface area contributed by atoms with Crippen LogP contribution in [0.4, 0.5) is 0 Å². The second-order valence-electron chi connectivity index (χ2n) is 3.06. The number of nitrogens with two attached hydrogens (primary N) is 1. The smallest absolute Gasteiger partial charge is 0.307 e. The summed E-state index contributed by atoms with van der Waals surface area (Å²) in [5, 5.41) is 9.81. The molecule has 0 aliphatic carbocycles. The second-order valence-corrected chi connectivity index (χ2v) is 3.47. The van der Waals surface area contributed by atoms with Crippen LogP contribution >= 0.6 is 11.6 Å². The zero-order chi connectivity index (χ0) is 11.4. The monoisotopic (exact) mass is 229 g/mol. The fraction of sp³-hybridized carbons (Fsp3) is 0.300. The molecule has 0 aliphatic heterocycles. The Kier molecular flexibility index (Phi) is 3.94. The van der Waals surface area contributed by atoms with Gasteiger partial charge in [-0.1, -0.05) is 23.7 Å². The molecule has 0 unspecified atom stereocenters. The van der Waals surface area contributed by atoms with Crippen LogP contribution in [-0.2, 0) is 9.53 Å². The van der Waals surface area contributed by atoms with Crippen molar-refractivity contribution in [3.05, 3.63) is 28.8 Å². The van der Waals surface area contributed by atoms with Gasteiger partial charge < -0.3 is 15.6 Å². The van der Waals surface area contributed by atoms with E-state index in [9.17, 15) is 9.90 Å². The Morgan fingerprint density at radius 2 is 2.33 bits per heavy atom. The molecule has 0 aromatic heterocycles. The van der Waals surface area contributed by atoms with E-state index in [2.05, 4.69) is 4.74 Å². The van der Waals surface area contributed by atoms with Crippen molar-refractivity contribution in [1.82, 2.24) is 0 Å². The van der Waals surface area contributed by atoms with Gasteiger partial charge in [0.2, 0.25) is 0 Å². The molecule has 0 spiro atoms. The van der Waals surface area contributed by atoms with E-state index < -0.39 is 12.0 Å². The Morgan fingerprint density at radius 1 is 1.67 bits per heavy atom. The molecule has 0 fully saturated rings. The van der Waals surface area contributed by atoms with Crippen molar-refractivity contribution < 1.29 is 14.6 Å². The lowest BCUT2D eigenvalue weighted by atomic mass is 10.0. The summed E-state index contributed by atoms with van der Waals surface area (Å²) < 4.78 is 4.48. The van der Waals surface area contributed by atoms with E-state index in [0.29, 0.717) is 5.56 Å². The Balaban J connectivity index is 2.86. The van der Waals surface area contributed by atoms with Crippen molar-refractivity contribution in [2.24, 2.45) is 5.73 Å². The lowest BCUT2D eigenvalue weighted by Gasteiger charge is -2.12. The van der Waals surface area contributed by atoms with Crippen LogP contribution in [0, 0.1) is 0 Å². The molecule has 5 heteroatoms. The first kappa shape index (κ1) is 11.8. The largest absolute Gasteiger partial charge is 0.506 e. The minimum absolute atomic E-state index is 0.00437. The number of phenols is 1. The van der Waals surface area contributed by atoms with E-state index in [4.69, 9.17) is 17.3 Å². The number of esters is 1. The summed E-state index contributed by atoms with van der Waals surface area (Å²) in [5.74, 6) is -0.516. The van der Waals surface area contributed by atoms with Gasteiger partial charge in [-0.2, -0.15) is 0 Å². The van der Waals surface area contributed by atoms with Crippen LogP contribution in [-0.4, -0.2) is 18.2 Å². The number of methoxy groups -OCH3 is 1. The highest BCUT2D eigenvalue weighted by molar-refractivity contribution is 6.32. The standard InChI is InChI=1S/C10H12ClNO3/c1-15-9(13)5-8(12)6-3-2-4-7(11)10(6)14/h2-4,8,14H,5,12H2,1H3/t8-/m0/s1. The van der Waals surface area contributed by atoms with Gasteiger partial charge in [0, 0.05) is 11.6 Å². The first-order valence-electron chi connectivity index (χ1n) is 4.36. The molecule has 0 bridgehead atoms. The number of hydrogen-bond acceptors (Lipinski definition) is 4. The molecule has 4 nitrogen and oxygen atoms in total. The molecular formula is C10H12ClNO3. The summed E-state index contributed by atoms with van der Waals surface area (Å²) in [6.07, 6.45) is 0.00437. The molecule has 0 saturated heterocycles. The fourth-order valence-corrected chi connectivity index (χ4v) is 1.39. The number of benzene rings is 1. The molecule has 15 heavy (non-hydrogen) atoms. The van der Waals surface area contributed by atoms with Gasteiger partial charge in [-0.05, 0) is 6.07 Å². The summed E-state index contributed by atoms with van der Waals surface area (Å²) in [5.41, 5.74) is 6.16. The molecule has 3 N–H and O–H groups in total. The summed E-state index contributed by atoms with van der Waals surface area (Å²) in [6.45, 7) is 0. The highest BCUT2D eigenvalue weighted by Crippen LogP contribution is 2.31. The first-order chi connectivity index (χ1) is 7.06. The van der Waals surface area contributed by atoms with Gasteiger partial charge in [-0.15, -0.1) is 0 Å². The Bertz CT molecular complexity index is 368. The van der Waals surface area contributed by atoms with Crippen LogP contribution in [0.1, 0.15) is 18.0 Å². The molecule has 1 aromatic carbocycles. The molecule has 0 radical (unpaired) electrons. The number of hydrogen-bond donors (Lipinski definition) is 2. The van der Waals surface area contributed by atoms with Crippen LogP contribution in [0.15, 0.2) is 18.2 Å². The molecule has 1 rings (SSSR count). The number of carbonyl (C=O) groups excluding carboxylic acids is 1. The van der Waals surface area contributed by atoms with Gasteiger partial charge in [-0.25, -0.2) is 0 Å². The van der Waals surface area contributed by atoms with Crippen molar-refractivity contribution in [3.63, 3.8) is 0 Å². The number of para-hydroxylation sites is 1. The minimum atomic E-state index is -0.615. The molecule has 1 aromatic rings. The summed E-state index contributed by atoms with van der Waals surface area (Å²) >= 11 is 5.71. The van der Waals surface area contributed by atoms with Crippen molar-refractivity contribution >= 4 is 17.6 Å². The van der Waals surface area contributed by atoms with E-state index in [1.807, 2.05) is 0 Å². The van der Waals surface area contributed by atoms with Gasteiger partial charge >= 0.3 is 5.97 Å².